The fourth-order valence-corrected chi connectivity index (χ4v) is 1.79. The molecule has 1 aromatic rings. The summed E-state index contributed by atoms with van der Waals surface area (Å²) in [6, 6.07) is 10.8. The molecule has 4 heteroatoms. The zero-order chi connectivity index (χ0) is 14.3. The predicted octanol–water partition coefficient (Wildman–Crippen LogP) is 3.40. The van der Waals surface area contributed by atoms with Crippen LogP contribution in [0.5, 0.6) is 0 Å². The summed E-state index contributed by atoms with van der Waals surface area (Å²) in [6.07, 6.45) is 0.652. The van der Waals surface area contributed by atoms with Crippen molar-refractivity contribution in [1.82, 2.24) is 4.90 Å². The lowest BCUT2D eigenvalue weighted by Crippen LogP contribution is -2.37. The summed E-state index contributed by atoms with van der Waals surface area (Å²) in [4.78, 5) is 13.9. The van der Waals surface area contributed by atoms with Gasteiger partial charge in [-0.2, -0.15) is 0 Å². The van der Waals surface area contributed by atoms with E-state index >= 15 is 0 Å². The monoisotopic (exact) mass is 276 g/mol. The summed E-state index contributed by atoms with van der Waals surface area (Å²) in [5, 5.41) is 0. The van der Waals surface area contributed by atoms with Crippen LogP contribution in [0.1, 0.15) is 32.8 Å². The molecular weight excluding hydrogens is 254 g/mol. The molecular formula is C15H22NO2Si. The molecule has 19 heavy (non-hydrogen) atoms. The highest BCUT2D eigenvalue weighted by Gasteiger charge is 2.21. The topological polar surface area (TPSA) is 29.5 Å². The molecule has 103 valence electrons. The molecule has 1 rings (SSSR count). The molecule has 0 atom stereocenters. The molecule has 0 aliphatic heterocycles. The Bertz CT molecular complexity index is 387. The average molecular weight is 276 g/mol. The highest BCUT2D eigenvalue weighted by atomic mass is 28.1. The number of rotatable bonds is 5. The van der Waals surface area contributed by atoms with Crippen LogP contribution < -0.4 is 0 Å². The van der Waals surface area contributed by atoms with Gasteiger partial charge in [0, 0.05) is 23.3 Å². The zero-order valence-electron chi connectivity index (χ0n) is 12.0. The molecule has 0 spiro atoms. The minimum Gasteiger partial charge on any atom is -0.444 e. The van der Waals surface area contributed by atoms with Crippen LogP contribution in [-0.2, 0) is 11.3 Å². The second-order valence-corrected chi connectivity index (χ2v) is 5.99. The van der Waals surface area contributed by atoms with E-state index in [4.69, 9.17) is 4.74 Å². The molecule has 0 aromatic heterocycles. The Morgan fingerprint density at radius 3 is 2.42 bits per heavy atom. The Morgan fingerprint density at radius 1 is 1.26 bits per heavy atom. The lowest BCUT2D eigenvalue weighted by molar-refractivity contribution is 0.0234. The SMILES string of the molecule is CC(C)(C)OC(=O)N(CCC[Si])Cc1ccccc1. The van der Waals surface area contributed by atoms with Crippen molar-refractivity contribution in [1.29, 1.82) is 0 Å². The first-order chi connectivity index (χ1) is 8.92. The largest absolute Gasteiger partial charge is 0.444 e. The second kappa shape index (κ2) is 7.33. The van der Waals surface area contributed by atoms with Crippen LogP contribution in [0.4, 0.5) is 4.79 Å². The Morgan fingerprint density at radius 2 is 1.89 bits per heavy atom. The third-order valence-corrected chi connectivity index (χ3v) is 2.83. The number of nitrogens with zero attached hydrogens (tertiary/aromatic N) is 1. The van der Waals surface area contributed by atoms with Gasteiger partial charge in [-0.1, -0.05) is 36.4 Å². The van der Waals surface area contributed by atoms with Crippen molar-refractivity contribution in [2.45, 2.75) is 45.4 Å². The number of hydrogen-bond donors (Lipinski definition) is 0. The van der Waals surface area contributed by atoms with E-state index in [0.29, 0.717) is 13.1 Å². The third-order valence-electron chi connectivity index (χ3n) is 2.47. The minimum absolute atomic E-state index is 0.253. The van der Waals surface area contributed by atoms with Crippen molar-refractivity contribution in [2.75, 3.05) is 6.54 Å². The smallest absolute Gasteiger partial charge is 0.410 e. The van der Waals surface area contributed by atoms with E-state index in [0.717, 1.165) is 18.0 Å². The number of benzene rings is 1. The number of carbonyl (C=O) groups is 1. The molecule has 0 bridgehead atoms. The molecule has 0 aliphatic carbocycles. The highest BCUT2D eigenvalue weighted by Crippen LogP contribution is 2.13. The second-order valence-electron chi connectivity index (χ2n) is 5.49. The van der Waals surface area contributed by atoms with Crippen LogP contribution in [0.3, 0.4) is 0 Å². The summed E-state index contributed by atoms with van der Waals surface area (Å²) in [6.45, 7) is 6.93. The van der Waals surface area contributed by atoms with Gasteiger partial charge in [0.25, 0.3) is 0 Å². The van der Waals surface area contributed by atoms with Crippen LogP contribution in [-0.4, -0.2) is 33.4 Å². The summed E-state index contributed by atoms with van der Waals surface area (Å²) >= 11 is 0. The van der Waals surface area contributed by atoms with Crippen LogP contribution in [0, 0.1) is 0 Å². The van der Waals surface area contributed by atoms with Gasteiger partial charge in [-0.3, -0.25) is 0 Å². The van der Waals surface area contributed by atoms with Crippen LogP contribution in [0.2, 0.25) is 6.04 Å². The highest BCUT2D eigenvalue weighted by molar-refractivity contribution is 6.08. The molecule has 0 N–H and O–H groups in total. The van der Waals surface area contributed by atoms with Crippen LogP contribution in [0.15, 0.2) is 30.3 Å². The van der Waals surface area contributed by atoms with Crippen LogP contribution in [0.25, 0.3) is 0 Å². The molecule has 1 amide bonds. The number of amides is 1. The first-order valence-corrected chi connectivity index (χ1v) is 7.29. The molecule has 0 fully saturated rings. The van der Waals surface area contributed by atoms with Gasteiger partial charge in [0.1, 0.15) is 5.60 Å². The van der Waals surface area contributed by atoms with Gasteiger partial charge in [0.05, 0.1) is 0 Å². The van der Waals surface area contributed by atoms with Gasteiger partial charge in [-0.15, -0.1) is 0 Å². The van der Waals surface area contributed by atoms with Crippen molar-refractivity contribution >= 4 is 16.3 Å². The third kappa shape index (κ3) is 6.43. The van der Waals surface area contributed by atoms with Crippen molar-refractivity contribution in [3.63, 3.8) is 0 Å². The molecule has 0 saturated carbocycles. The van der Waals surface area contributed by atoms with Crippen LogP contribution >= 0.6 is 0 Å². The van der Waals surface area contributed by atoms with E-state index in [-0.39, 0.29) is 6.09 Å². The molecule has 3 radical (unpaired) electrons. The fourth-order valence-electron chi connectivity index (χ4n) is 1.64. The standard InChI is InChI=1S/C15H22NO2Si/c1-15(2,3)18-14(17)16(10-7-11-19)12-13-8-5-4-6-9-13/h4-6,8-9H,7,10-12H2,1-3H3. The van der Waals surface area contributed by atoms with E-state index in [1.165, 1.54) is 0 Å². The van der Waals surface area contributed by atoms with Crippen molar-refractivity contribution in [2.24, 2.45) is 0 Å². The van der Waals surface area contributed by atoms with Gasteiger partial charge < -0.3 is 9.64 Å². The Labute approximate surface area is 119 Å². The van der Waals surface area contributed by atoms with E-state index < -0.39 is 5.60 Å². The zero-order valence-corrected chi connectivity index (χ0v) is 13.0. The van der Waals surface area contributed by atoms with Gasteiger partial charge in [-0.05, 0) is 32.8 Å². The number of ether oxygens (including phenoxy) is 1. The molecule has 3 nitrogen and oxygen atoms in total. The van der Waals surface area contributed by atoms with Gasteiger partial charge in [-0.25, -0.2) is 4.79 Å². The molecule has 0 saturated heterocycles. The van der Waals surface area contributed by atoms with E-state index in [1.807, 2.05) is 51.1 Å². The summed E-state index contributed by atoms with van der Waals surface area (Å²) in [5.74, 6) is 0. The summed E-state index contributed by atoms with van der Waals surface area (Å²) in [7, 11) is 3.44. The van der Waals surface area contributed by atoms with Crippen molar-refractivity contribution in [3.8, 4) is 0 Å². The van der Waals surface area contributed by atoms with Gasteiger partial charge in [0.2, 0.25) is 0 Å². The fraction of sp³-hybridized carbons (Fsp3) is 0.533. The Kier molecular flexibility index (Phi) is 6.08. The number of hydrogen-bond acceptors (Lipinski definition) is 2. The predicted molar refractivity (Wildman–Crippen MR) is 78.3 cm³/mol. The first-order valence-electron chi connectivity index (χ1n) is 6.59. The molecule has 0 heterocycles. The molecule has 0 unspecified atom stereocenters. The van der Waals surface area contributed by atoms with E-state index in [2.05, 4.69) is 10.2 Å². The maximum atomic E-state index is 12.2. The molecule has 0 aliphatic rings. The molecule has 1 aromatic carbocycles. The minimum atomic E-state index is -0.458. The Hall–Kier alpha value is -1.29. The lowest BCUT2D eigenvalue weighted by Gasteiger charge is -2.27. The number of carbonyl (C=O) groups excluding carboxylic acids is 1. The van der Waals surface area contributed by atoms with Gasteiger partial charge in [0.15, 0.2) is 0 Å². The Balaban J connectivity index is 2.68. The maximum absolute atomic E-state index is 12.2. The lowest BCUT2D eigenvalue weighted by atomic mass is 10.2. The van der Waals surface area contributed by atoms with E-state index in [9.17, 15) is 4.79 Å². The van der Waals surface area contributed by atoms with Crippen molar-refractivity contribution in [3.05, 3.63) is 35.9 Å². The van der Waals surface area contributed by atoms with E-state index in [1.54, 1.807) is 4.90 Å². The summed E-state index contributed by atoms with van der Waals surface area (Å²) < 4.78 is 5.44. The first kappa shape index (κ1) is 15.8. The van der Waals surface area contributed by atoms with Gasteiger partial charge >= 0.3 is 6.09 Å². The average Bonchev–Trinajstić information content (AvgIpc) is 2.33. The summed E-state index contributed by atoms with van der Waals surface area (Å²) in [5.41, 5.74) is 0.655. The quantitative estimate of drug-likeness (QED) is 0.771. The normalized spacial score (nSPS) is 11.2. The van der Waals surface area contributed by atoms with Crippen molar-refractivity contribution < 1.29 is 9.53 Å². The maximum Gasteiger partial charge on any atom is 0.410 e.